The molecule has 0 bridgehead atoms. The Morgan fingerprint density at radius 2 is 2.17 bits per heavy atom. The van der Waals surface area contributed by atoms with Crippen LogP contribution in [-0.4, -0.2) is 11.1 Å². The molecule has 0 spiro atoms. The number of aromatic carboxylic acids is 1. The van der Waals surface area contributed by atoms with E-state index in [2.05, 4.69) is 15.9 Å². The van der Waals surface area contributed by atoms with Crippen LogP contribution in [0.4, 0.5) is 0 Å². The van der Waals surface area contributed by atoms with Crippen molar-refractivity contribution in [3.63, 3.8) is 0 Å². The second-order valence-electron chi connectivity index (χ2n) is 2.39. The van der Waals surface area contributed by atoms with E-state index in [1.54, 1.807) is 13.0 Å². The van der Waals surface area contributed by atoms with Gasteiger partial charge in [0.05, 0.1) is 5.56 Å². The number of halogens is 2. The summed E-state index contributed by atoms with van der Waals surface area (Å²) in [6.45, 7) is 1.79. The quantitative estimate of drug-likeness (QED) is 0.830. The third kappa shape index (κ3) is 1.79. The zero-order valence-corrected chi connectivity index (χ0v) is 8.61. The highest BCUT2D eigenvalue weighted by molar-refractivity contribution is 9.10. The lowest BCUT2D eigenvalue weighted by molar-refractivity contribution is 0.0696. The lowest BCUT2D eigenvalue weighted by atomic mass is 10.1. The Labute approximate surface area is 83.3 Å². The highest BCUT2D eigenvalue weighted by Crippen LogP contribution is 2.25. The Kier molecular flexibility index (Phi) is 2.75. The van der Waals surface area contributed by atoms with Gasteiger partial charge in [-0.05, 0) is 40.5 Å². The fraction of sp³-hybridized carbons (Fsp3) is 0.125. The van der Waals surface area contributed by atoms with E-state index in [4.69, 9.17) is 16.7 Å². The average Bonchev–Trinajstić information content (AvgIpc) is 1.96. The minimum absolute atomic E-state index is 0.194. The first-order chi connectivity index (χ1) is 5.52. The number of benzene rings is 1. The largest absolute Gasteiger partial charge is 0.478 e. The average molecular weight is 249 g/mol. The maximum atomic E-state index is 10.6. The molecule has 0 heterocycles. The van der Waals surface area contributed by atoms with Crippen LogP contribution in [0, 0.1) is 6.92 Å². The summed E-state index contributed by atoms with van der Waals surface area (Å²) < 4.78 is 0.583. The van der Waals surface area contributed by atoms with Crippen LogP contribution in [0.3, 0.4) is 0 Å². The van der Waals surface area contributed by atoms with E-state index in [9.17, 15) is 4.79 Å². The van der Waals surface area contributed by atoms with E-state index in [1.807, 2.05) is 0 Å². The molecular formula is C8H6BrClO2. The number of hydrogen-bond acceptors (Lipinski definition) is 1. The van der Waals surface area contributed by atoms with E-state index in [1.165, 1.54) is 6.07 Å². The molecular weight excluding hydrogens is 243 g/mol. The maximum Gasteiger partial charge on any atom is 0.336 e. The molecule has 1 rings (SSSR count). The van der Waals surface area contributed by atoms with Crippen molar-refractivity contribution in [2.45, 2.75) is 6.92 Å². The minimum Gasteiger partial charge on any atom is -0.478 e. The smallest absolute Gasteiger partial charge is 0.336 e. The van der Waals surface area contributed by atoms with Crippen molar-refractivity contribution in [1.82, 2.24) is 0 Å². The third-order valence-corrected chi connectivity index (χ3v) is 2.72. The molecule has 0 fully saturated rings. The summed E-state index contributed by atoms with van der Waals surface area (Å²) in [5.74, 6) is -0.979. The molecule has 64 valence electrons. The molecule has 0 aliphatic carbocycles. The Hall–Kier alpha value is -0.540. The highest BCUT2D eigenvalue weighted by atomic mass is 79.9. The second-order valence-corrected chi connectivity index (χ2v) is 3.62. The number of hydrogen-bond donors (Lipinski definition) is 1. The van der Waals surface area contributed by atoms with Gasteiger partial charge >= 0.3 is 5.97 Å². The molecule has 0 amide bonds. The zero-order valence-electron chi connectivity index (χ0n) is 6.27. The van der Waals surface area contributed by atoms with Crippen LogP contribution in [0.5, 0.6) is 0 Å². The Morgan fingerprint density at radius 1 is 1.58 bits per heavy atom. The summed E-state index contributed by atoms with van der Waals surface area (Å²) in [6.07, 6.45) is 0. The molecule has 1 N–H and O–H groups in total. The van der Waals surface area contributed by atoms with E-state index in [0.29, 0.717) is 9.50 Å². The van der Waals surface area contributed by atoms with E-state index in [0.717, 1.165) is 5.56 Å². The molecule has 0 aromatic heterocycles. The Balaban J connectivity index is 3.37. The van der Waals surface area contributed by atoms with Gasteiger partial charge in [0.25, 0.3) is 0 Å². The summed E-state index contributed by atoms with van der Waals surface area (Å²) >= 11 is 8.86. The number of rotatable bonds is 1. The van der Waals surface area contributed by atoms with Gasteiger partial charge in [-0.2, -0.15) is 0 Å². The first-order valence-electron chi connectivity index (χ1n) is 3.21. The van der Waals surface area contributed by atoms with Gasteiger partial charge in [0.15, 0.2) is 0 Å². The predicted octanol–water partition coefficient (Wildman–Crippen LogP) is 3.11. The van der Waals surface area contributed by atoms with Crippen molar-refractivity contribution < 1.29 is 9.90 Å². The summed E-state index contributed by atoms with van der Waals surface area (Å²) in [4.78, 5) is 10.6. The molecule has 4 heteroatoms. The Bertz CT molecular complexity index is 336. The third-order valence-electron chi connectivity index (χ3n) is 1.45. The van der Waals surface area contributed by atoms with Gasteiger partial charge in [-0.3, -0.25) is 0 Å². The number of carboxylic acids is 1. The van der Waals surface area contributed by atoms with Crippen LogP contribution < -0.4 is 0 Å². The summed E-state index contributed by atoms with van der Waals surface area (Å²) in [6, 6.07) is 3.12. The molecule has 0 saturated heterocycles. The molecule has 1 aromatic rings. The molecule has 2 nitrogen and oxygen atoms in total. The van der Waals surface area contributed by atoms with Crippen LogP contribution in [0.25, 0.3) is 0 Å². The highest BCUT2D eigenvalue weighted by Gasteiger charge is 2.10. The van der Waals surface area contributed by atoms with Crippen LogP contribution >= 0.6 is 27.5 Å². The summed E-state index contributed by atoms with van der Waals surface area (Å²) in [5, 5.41) is 9.16. The van der Waals surface area contributed by atoms with Gasteiger partial charge in [-0.15, -0.1) is 0 Å². The summed E-state index contributed by atoms with van der Waals surface area (Å²) in [7, 11) is 0. The van der Waals surface area contributed by atoms with Gasteiger partial charge in [0.1, 0.15) is 0 Å². The fourth-order valence-corrected chi connectivity index (χ4v) is 1.55. The molecule has 0 unspecified atom stereocenters. The lowest BCUT2D eigenvalue weighted by Gasteiger charge is -2.02. The number of aryl methyl sites for hydroxylation is 1. The van der Waals surface area contributed by atoms with Gasteiger partial charge < -0.3 is 5.11 Å². The van der Waals surface area contributed by atoms with Crippen LogP contribution in [0.1, 0.15) is 15.9 Å². The van der Waals surface area contributed by atoms with Crippen LogP contribution in [0.15, 0.2) is 16.6 Å². The van der Waals surface area contributed by atoms with Crippen molar-refractivity contribution in [3.05, 3.63) is 32.8 Å². The summed E-state index contributed by atoms with van der Waals surface area (Å²) in [5.41, 5.74) is 1.01. The maximum absolute atomic E-state index is 10.6. The van der Waals surface area contributed by atoms with Gasteiger partial charge in [-0.1, -0.05) is 11.6 Å². The van der Waals surface area contributed by atoms with Crippen molar-refractivity contribution >= 4 is 33.5 Å². The van der Waals surface area contributed by atoms with Crippen molar-refractivity contribution in [3.8, 4) is 0 Å². The van der Waals surface area contributed by atoms with E-state index in [-0.39, 0.29) is 5.56 Å². The normalized spacial score (nSPS) is 9.92. The van der Waals surface area contributed by atoms with E-state index < -0.39 is 5.97 Å². The first-order valence-corrected chi connectivity index (χ1v) is 4.38. The number of carbonyl (C=O) groups is 1. The van der Waals surface area contributed by atoms with Crippen molar-refractivity contribution in [1.29, 1.82) is 0 Å². The molecule has 0 aliphatic heterocycles. The lowest BCUT2D eigenvalue weighted by Crippen LogP contribution is -1.98. The van der Waals surface area contributed by atoms with Crippen molar-refractivity contribution in [2.75, 3.05) is 0 Å². The monoisotopic (exact) mass is 248 g/mol. The molecule has 1 aromatic carbocycles. The van der Waals surface area contributed by atoms with Gasteiger partial charge in [0, 0.05) is 9.50 Å². The first kappa shape index (κ1) is 9.55. The molecule has 0 atom stereocenters. The zero-order chi connectivity index (χ0) is 9.30. The fourth-order valence-electron chi connectivity index (χ4n) is 0.881. The van der Waals surface area contributed by atoms with Gasteiger partial charge in [-0.25, -0.2) is 4.79 Å². The van der Waals surface area contributed by atoms with Crippen LogP contribution in [-0.2, 0) is 0 Å². The molecule has 0 radical (unpaired) electrons. The topological polar surface area (TPSA) is 37.3 Å². The van der Waals surface area contributed by atoms with Gasteiger partial charge in [0.2, 0.25) is 0 Å². The Morgan fingerprint density at radius 3 is 2.67 bits per heavy atom. The molecule has 0 saturated carbocycles. The SMILES string of the molecule is Cc1cc(Cl)cc(C(=O)O)c1Br. The minimum atomic E-state index is -0.979. The van der Waals surface area contributed by atoms with Crippen LogP contribution in [0.2, 0.25) is 5.02 Å². The standard InChI is InChI=1S/C8H6BrClO2/c1-4-2-5(10)3-6(7(4)9)8(11)12/h2-3H,1H3,(H,11,12). The predicted molar refractivity (Wildman–Crippen MR) is 50.8 cm³/mol. The van der Waals surface area contributed by atoms with E-state index >= 15 is 0 Å². The van der Waals surface area contributed by atoms with Crippen molar-refractivity contribution in [2.24, 2.45) is 0 Å². The number of carboxylic acid groups (broad SMARTS) is 1. The second kappa shape index (κ2) is 3.46. The molecule has 0 aliphatic rings. The molecule has 12 heavy (non-hydrogen) atoms.